The van der Waals surface area contributed by atoms with E-state index < -0.39 is 12.0 Å². The summed E-state index contributed by atoms with van der Waals surface area (Å²) in [6.45, 7) is 3.72. The lowest BCUT2D eigenvalue weighted by Gasteiger charge is -2.26. The van der Waals surface area contributed by atoms with Gasteiger partial charge in [-0.2, -0.15) is 0 Å². The zero-order valence-corrected chi connectivity index (χ0v) is 23.1. The molecule has 9 heteroatoms. The minimum absolute atomic E-state index is 0.200. The molecule has 0 bridgehead atoms. The number of fused-ring (bicyclic) bond motifs is 2. The van der Waals surface area contributed by atoms with Crippen molar-refractivity contribution in [1.29, 1.82) is 0 Å². The van der Waals surface area contributed by atoms with Crippen molar-refractivity contribution in [3.05, 3.63) is 96.7 Å². The van der Waals surface area contributed by atoms with Crippen LogP contribution in [0.5, 0.6) is 17.2 Å². The van der Waals surface area contributed by atoms with Crippen LogP contribution in [0.25, 0.3) is 16.8 Å². The van der Waals surface area contributed by atoms with Crippen LogP contribution >= 0.6 is 11.3 Å². The Labute approximate surface area is 229 Å². The molecule has 1 aliphatic heterocycles. The van der Waals surface area contributed by atoms with E-state index in [-0.39, 0.29) is 12.2 Å². The van der Waals surface area contributed by atoms with Crippen molar-refractivity contribution in [1.82, 2.24) is 4.57 Å². The van der Waals surface area contributed by atoms with E-state index in [1.165, 1.54) is 11.3 Å². The molecule has 0 fully saturated rings. The third-order valence-electron chi connectivity index (χ3n) is 6.67. The van der Waals surface area contributed by atoms with Crippen molar-refractivity contribution in [2.45, 2.75) is 19.9 Å². The average Bonchev–Trinajstić information content (AvgIpc) is 3.25. The van der Waals surface area contributed by atoms with Crippen molar-refractivity contribution in [3.63, 3.8) is 0 Å². The molecule has 0 amide bonds. The Balaban J connectivity index is 1.81. The number of hydrogen-bond donors (Lipinski definition) is 0. The van der Waals surface area contributed by atoms with Gasteiger partial charge in [-0.1, -0.05) is 41.7 Å². The Hall–Kier alpha value is -4.37. The van der Waals surface area contributed by atoms with Gasteiger partial charge in [-0.15, -0.1) is 0 Å². The van der Waals surface area contributed by atoms with Gasteiger partial charge < -0.3 is 18.9 Å². The standard InChI is InChI=1S/C30H28N2O6S/c1-6-38-29(34)26-17(2)31-30-32(27(26)22-12-14-24(37-5)21-10-8-7-9-20(21)22)28(33)25(39-30)16-18-15-19(35-3)11-13-23(18)36-4/h7-16,27H,6H2,1-5H3/b25-16-/t27-/m0/s1. The topological polar surface area (TPSA) is 88.4 Å². The quantitative estimate of drug-likeness (QED) is 0.327. The maximum absolute atomic E-state index is 14.1. The van der Waals surface area contributed by atoms with Crippen molar-refractivity contribution >= 4 is 34.2 Å². The van der Waals surface area contributed by atoms with Gasteiger partial charge in [0, 0.05) is 10.9 Å². The van der Waals surface area contributed by atoms with Gasteiger partial charge in [0.1, 0.15) is 17.2 Å². The number of esters is 1. The number of hydrogen-bond acceptors (Lipinski definition) is 8. The smallest absolute Gasteiger partial charge is 0.338 e. The van der Waals surface area contributed by atoms with Crippen LogP contribution in [0, 0.1) is 0 Å². The van der Waals surface area contributed by atoms with E-state index in [2.05, 4.69) is 4.99 Å². The molecule has 4 aromatic rings. The van der Waals surface area contributed by atoms with Crippen LogP contribution in [0.15, 0.2) is 75.7 Å². The van der Waals surface area contributed by atoms with E-state index in [0.29, 0.717) is 43.4 Å². The molecule has 0 saturated carbocycles. The van der Waals surface area contributed by atoms with E-state index >= 15 is 0 Å². The molecule has 1 atom stereocenters. The van der Waals surface area contributed by atoms with Crippen molar-refractivity contribution < 1.29 is 23.7 Å². The van der Waals surface area contributed by atoms with Crippen LogP contribution < -0.4 is 29.1 Å². The fraction of sp³-hybridized carbons (Fsp3) is 0.233. The highest BCUT2D eigenvalue weighted by atomic mass is 32.1. The summed E-state index contributed by atoms with van der Waals surface area (Å²) in [5.74, 6) is 1.43. The molecule has 1 aromatic heterocycles. The minimum Gasteiger partial charge on any atom is -0.497 e. The summed E-state index contributed by atoms with van der Waals surface area (Å²) in [7, 11) is 4.77. The van der Waals surface area contributed by atoms with Crippen molar-refractivity contribution in [2.75, 3.05) is 27.9 Å². The van der Waals surface area contributed by atoms with Gasteiger partial charge in [0.2, 0.25) is 0 Å². The van der Waals surface area contributed by atoms with Crippen LogP contribution in [0.3, 0.4) is 0 Å². The van der Waals surface area contributed by atoms with Gasteiger partial charge in [-0.05, 0) is 55.1 Å². The van der Waals surface area contributed by atoms with Crippen LogP contribution in [-0.4, -0.2) is 38.5 Å². The lowest BCUT2D eigenvalue weighted by molar-refractivity contribution is -0.139. The number of carbonyl (C=O) groups excluding carboxylic acids is 1. The highest BCUT2D eigenvalue weighted by Gasteiger charge is 2.34. The van der Waals surface area contributed by atoms with Crippen LogP contribution in [0.4, 0.5) is 0 Å². The molecule has 8 nitrogen and oxygen atoms in total. The highest BCUT2D eigenvalue weighted by molar-refractivity contribution is 7.07. The van der Waals surface area contributed by atoms with Crippen molar-refractivity contribution in [2.24, 2.45) is 4.99 Å². The number of ether oxygens (including phenoxy) is 4. The summed E-state index contributed by atoms with van der Waals surface area (Å²) in [4.78, 5) is 32.5. The molecule has 200 valence electrons. The Kier molecular flexibility index (Phi) is 7.26. The normalized spacial score (nSPS) is 15.1. The second kappa shape index (κ2) is 10.8. The zero-order chi connectivity index (χ0) is 27.7. The molecule has 39 heavy (non-hydrogen) atoms. The summed E-state index contributed by atoms with van der Waals surface area (Å²) < 4.78 is 23.9. The van der Waals surface area contributed by atoms with Crippen LogP contribution in [0.2, 0.25) is 0 Å². The van der Waals surface area contributed by atoms with E-state index in [1.54, 1.807) is 64.0 Å². The largest absolute Gasteiger partial charge is 0.497 e. The summed E-state index contributed by atoms with van der Waals surface area (Å²) >= 11 is 1.25. The third kappa shape index (κ3) is 4.59. The molecule has 0 unspecified atom stereocenters. The second-order valence-corrected chi connectivity index (χ2v) is 9.82. The molecular formula is C30H28N2O6S. The maximum Gasteiger partial charge on any atom is 0.338 e. The highest BCUT2D eigenvalue weighted by Crippen LogP contribution is 2.38. The Morgan fingerprint density at radius 3 is 2.41 bits per heavy atom. The van der Waals surface area contributed by atoms with E-state index in [9.17, 15) is 9.59 Å². The Morgan fingerprint density at radius 2 is 1.72 bits per heavy atom. The zero-order valence-electron chi connectivity index (χ0n) is 22.3. The lowest BCUT2D eigenvalue weighted by Crippen LogP contribution is -2.40. The fourth-order valence-corrected chi connectivity index (χ4v) is 5.93. The van der Waals surface area contributed by atoms with Gasteiger partial charge in [0.15, 0.2) is 4.80 Å². The predicted octanol–water partition coefficient (Wildman–Crippen LogP) is 3.98. The molecule has 1 aliphatic rings. The first kappa shape index (κ1) is 26.2. The van der Waals surface area contributed by atoms with E-state index in [0.717, 1.165) is 16.3 Å². The number of aromatic nitrogens is 1. The molecule has 0 spiro atoms. The van der Waals surface area contributed by atoms with Crippen LogP contribution in [0.1, 0.15) is 31.0 Å². The monoisotopic (exact) mass is 544 g/mol. The molecule has 5 rings (SSSR count). The molecule has 2 heterocycles. The number of benzene rings is 3. The number of rotatable bonds is 7. The lowest BCUT2D eigenvalue weighted by atomic mass is 9.91. The van der Waals surface area contributed by atoms with E-state index in [1.807, 2.05) is 36.4 Å². The summed E-state index contributed by atoms with van der Waals surface area (Å²) in [5, 5.41) is 1.74. The summed E-state index contributed by atoms with van der Waals surface area (Å²) in [6.07, 6.45) is 1.76. The summed E-state index contributed by atoms with van der Waals surface area (Å²) in [5.41, 5.74) is 2.02. The van der Waals surface area contributed by atoms with Crippen LogP contribution in [-0.2, 0) is 9.53 Å². The van der Waals surface area contributed by atoms with Gasteiger partial charge in [-0.3, -0.25) is 9.36 Å². The average molecular weight is 545 g/mol. The third-order valence-corrected chi connectivity index (χ3v) is 7.66. The molecule has 0 N–H and O–H groups in total. The van der Waals surface area contributed by atoms with E-state index in [4.69, 9.17) is 18.9 Å². The first-order valence-electron chi connectivity index (χ1n) is 12.4. The fourth-order valence-electron chi connectivity index (χ4n) is 4.89. The molecule has 0 aliphatic carbocycles. The number of methoxy groups -OCH3 is 3. The molecule has 0 saturated heterocycles. The Morgan fingerprint density at radius 1 is 1.00 bits per heavy atom. The van der Waals surface area contributed by atoms with Gasteiger partial charge >= 0.3 is 5.97 Å². The molecular weight excluding hydrogens is 516 g/mol. The number of nitrogens with zero attached hydrogens (tertiary/aromatic N) is 2. The van der Waals surface area contributed by atoms with Gasteiger partial charge in [0.25, 0.3) is 5.56 Å². The SMILES string of the molecule is CCOC(=O)C1=C(C)N=c2s/c(=C\c3cc(OC)ccc3OC)c(=O)n2[C@H]1c1ccc(OC)c2ccccc12. The first-order valence-corrected chi connectivity index (χ1v) is 13.2. The summed E-state index contributed by atoms with van der Waals surface area (Å²) in [6, 6.07) is 16.2. The predicted molar refractivity (Wildman–Crippen MR) is 150 cm³/mol. The number of thiazole rings is 1. The second-order valence-electron chi connectivity index (χ2n) is 8.81. The van der Waals surface area contributed by atoms with Gasteiger partial charge in [0.05, 0.1) is 49.8 Å². The Bertz CT molecular complexity index is 1800. The number of allylic oxidation sites excluding steroid dienone is 1. The molecule has 0 radical (unpaired) electrons. The first-order chi connectivity index (χ1) is 18.9. The molecule has 3 aromatic carbocycles. The van der Waals surface area contributed by atoms with Gasteiger partial charge in [-0.25, -0.2) is 9.79 Å². The van der Waals surface area contributed by atoms with Crippen molar-refractivity contribution in [3.8, 4) is 17.2 Å². The maximum atomic E-state index is 14.1. The number of carbonyl (C=O) groups is 1. The minimum atomic E-state index is -0.745.